The van der Waals surface area contributed by atoms with Gasteiger partial charge in [-0.05, 0) is 38.7 Å². The first-order valence-corrected chi connectivity index (χ1v) is 8.80. The van der Waals surface area contributed by atoms with Gasteiger partial charge in [-0.15, -0.1) is 0 Å². The molecule has 1 aliphatic carbocycles. The fourth-order valence-electron chi connectivity index (χ4n) is 2.64. The Morgan fingerprint density at radius 3 is 2.70 bits per heavy atom. The van der Waals surface area contributed by atoms with E-state index >= 15 is 0 Å². The Morgan fingerprint density at radius 2 is 2.20 bits per heavy atom. The fourth-order valence-corrected chi connectivity index (χ4v) is 4.00. The second kappa shape index (κ2) is 5.87. The molecule has 0 aliphatic heterocycles. The van der Waals surface area contributed by atoms with Gasteiger partial charge in [0.25, 0.3) is 0 Å². The number of nitrogens with two attached hydrogens (primary N) is 1. The first kappa shape index (κ1) is 15.5. The van der Waals surface area contributed by atoms with Crippen molar-refractivity contribution in [3.63, 3.8) is 0 Å². The first-order chi connectivity index (χ1) is 9.39. The molecular weight excluding hydrogens is 274 g/mol. The average molecular weight is 299 g/mol. The number of hydrogen-bond donors (Lipinski definition) is 2. The molecule has 1 fully saturated rings. The summed E-state index contributed by atoms with van der Waals surface area (Å²) in [5.41, 5.74) is 6.53. The molecular formula is C14H25N3O2S. The van der Waals surface area contributed by atoms with Crippen molar-refractivity contribution in [1.82, 2.24) is 9.29 Å². The van der Waals surface area contributed by atoms with E-state index in [1.54, 1.807) is 12.3 Å². The molecule has 2 atom stereocenters. The molecule has 2 unspecified atom stereocenters. The van der Waals surface area contributed by atoms with Crippen LogP contribution in [0.2, 0.25) is 0 Å². The molecule has 1 aliphatic rings. The summed E-state index contributed by atoms with van der Waals surface area (Å²) in [6.45, 7) is 6.50. The minimum absolute atomic E-state index is 0.115. The van der Waals surface area contributed by atoms with Crippen LogP contribution in [0.1, 0.15) is 51.8 Å². The molecule has 6 heteroatoms. The standard InChI is InChI=1S/C14H25N3O2S/c1-4-5-11-6-14(11)16-20(18,19)13-7-12(8-15)17(9-13)10(2)3/h7,9-11,14,16H,4-6,8,15H2,1-3H3. The number of aromatic nitrogens is 1. The molecule has 1 aromatic heterocycles. The molecule has 0 amide bonds. The zero-order valence-electron chi connectivity index (χ0n) is 12.5. The minimum Gasteiger partial charge on any atom is -0.346 e. The van der Waals surface area contributed by atoms with E-state index in [0.717, 1.165) is 25.0 Å². The monoisotopic (exact) mass is 299 g/mol. The predicted molar refractivity (Wildman–Crippen MR) is 79.8 cm³/mol. The molecule has 3 N–H and O–H groups in total. The molecule has 0 radical (unpaired) electrons. The molecule has 0 spiro atoms. The summed E-state index contributed by atoms with van der Waals surface area (Å²) >= 11 is 0. The van der Waals surface area contributed by atoms with Crippen molar-refractivity contribution in [3.05, 3.63) is 18.0 Å². The van der Waals surface area contributed by atoms with Crippen LogP contribution in [0.25, 0.3) is 0 Å². The molecule has 0 aromatic carbocycles. The topological polar surface area (TPSA) is 77.1 Å². The van der Waals surface area contributed by atoms with Crippen LogP contribution < -0.4 is 10.5 Å². The van der Waals surface area contributed by atoms with Gasteiger partial charge in [0.15, 0.2) is 0 Å². The van der Waals surface area contributed by atoms with E-state index in [4.69, 9.17) is 5.73 Å². The molecule has 0 bridgehead atoms. The predicted octanol–water partition coefficient (Wildman–Crippen LogP) is 1.99. The number of sulfonamides is 1. The third-order valence-corrected chi connectivity index (χ3v) is 5.33. The van der Waals surface area contributed by atoms with Crippen LogP contribution in [-0.4, -0.2) is 19.0 Å². The van der Waals surface area contributed by atoms with E-state index < -0.39 is 10.0 Å². The van der Waals surface area contributed by atoms with E-state index in [1.807, 2.05) is 18.4 Å². The fraction of sp³-hybridized carbons (Fsp3) is 0.714. The van der Waals surface area contributed by atoms with Gasteiger partial charge in [-0.25, -0.2) is 13.1 Å². The van der Waals surface area contributed by atoms with Crippen LogP contribution >= 0.6 is 0 Å². The molecule has 0 saturated heterocycles. The molecule has 1 saturated carbocycles. The maximum Gasteiger partial charge on any atom is 0.242 e. The molecule has 1 aromatic rings. The lowest BCUT2D eigenvalue weighted by atomic mass is 10.2. The van der Waals surface area contributed by atoms with Crippen LogP contribution in [0.15, 0.2) is 17.2 Å². The average Bonchev–Trinajstić information content (AvgIpc) is 2.94. The maximum absolute atomic E-state index is 12.4. The van der Waals surface area contributed by atoms with Crippen LogP contribution in [0.3, 0.4) is 0 Å². The van der Waals surface area contributed by atoms with E-state index in [2.05, 4.69) is 11.6 Å². The summed E-state index contributed by atoms with van der Waals surface area (Å²) in [4.78, 5) is 0.328. The summed E-state index contributed by atoms with van der Waals surface area (Å²) in [7, 11) is -3.42. The van der Waals surface area contributed by atoms with E-state index in [0.29, 0.717) is 17.4 Å². The van der Waals surface area contributed by atoms with Crippen molar-refractivity contribution in [1.29, 1.82) is 0 Å². The molecule has 2 rings (SSSR count). The number of nitrogens with zero attached hydrogens (tertiary/aromatic N) is 1. The van der Waals surface area contributed by atoms with Crippen molar-refractivity contribution in [2.75, 3.05) is 0 Å². The van der Waals surface area contributed by atoms with Crippen molar-refractivity contribution < 1.29 is 8.42 Å². The normalized spacial score (nSPS) is 22.4. The van der Waals surface area contributed by atoms with Gasteiger partial charge in [0.05, 0.1) is 4.90 Å². The SMILES string of the molecule is CCCC1CC1NS(=O)(=O)c1cc(CN)n(C(C)C)c1. The Bertz CT molecular complexity index is 563. The number of hydrogen-bond acceptors (Lipinski definition) is 3. The Morgan fingerprint density at radius 1 is 1.50 bits per heavy atom. The molecule has 114 valence electrons. The van der Waals surface area contributed by atoms with Gasteiger partial charge in [0, 0.05) is 30.5 Å². The van der Waals surface area contributed by atoms with Crippen molar-refractivity contribution in [3.8, 4) is 0 Å². The number of rotatable bonds is 7. The summed E-state index contributed by atoms with van der Waals surface area (Å²) in [5, 5.41) is 0. The first-order valence-electron chi connectivity index (χ1n) is 7.32. The third kappa shape index (κ3) is 3.24. The highest BCUT2D eigenvalue weighted by atomic mass is 32.2. The van der Waals surface area contributed by atoms with Crippen molar-refractivity contribution in [2.24, 2.45) is 11.7 Å². The highest BCUT2D eigenvalue weighted by Gasteiger charge is 2.39. The lowest BCUT2D eigenvalue weighted by Gasteiger charge is -2.10. The quantitative estimate of drug-likeness (QED) is 0.808. The zero-order valence-corrected chi connectivity index (χ0v) is 13.3. The highest BCUT2D eigenvalue weighted by molar-refractivity contribution is 7.89. The Balaban J connectivity index is 2.14. The second-order valence-electron chi connectivity index (χ2n) is 5.88. The Labute approximate surface area is 121 Å². The van der Waals surface area contributed by atoms with Gasteiger partial charge in [-0.3, -0.25) is 0 Å². The largest absolute Gasteiger partial charge is 0.346 e. The van der Waals surface area contributed by atoms with Gasteiger partial charge >= 0.3 is 0 Å². The van der Waals surface area contributed by atoms with Gasteiger partial charge in [0.2, 0.25) is 10.0 Å². The maximum atomic E-state index is 12.4. The molecule has 1 heterocycles. The van der Waals surface area contributed by atoms with Crippen LogP contribution in [0.5, 0.6) is 0 Å². The number of nitrogens with one attached hydrogen (secondary N) is 1. The van der Waals surface area contributed by atoms with Gasteiger partial charge in [-0.1, -0.05) is 13.3 Å². The van der Waals surface area contributed by atoms with Gasteiger partial charge in [-0.2, -0.15) is 0 Å². The summed E-state index contributed by atoms with van der Waals surface area (Å²) < 4.78 is 29.5. The van der Waals surface area contributed by atoms with Gasteiger partial charge in [0.1, 0.15) is 0 Å². The summed E-state index contributed by atoms with van der Waals surface area (Å²) in [5.74, 6) is 0.510. The lowest BCUT2D eigenvalue weighted by molar-refractivity contribution is 0.566. The van der Waals surface area contributed by atoms with Crippen molar-refractivity contribution >= 4 is 10.0 Å². The van der Waals surface area contributed by atoms with Crippen LogP contribution in [0, 0.1) is 5.92 Å². The van der Waals surface area contributed by atoms with Gasteiger partial charge < -0.3 is 10.3 Å². The van der Waals surface area contributed by atoms with E-state index in [9.17, 15) is 8.42 Å². The van der Waals surface area contributed by atoms with Crippen molar-refractivity contribution in [2.45, 2.75) is 63.6 Å². The smallest absolute Gasteiger partial charge is 0.242 e. The third-order valence-electron chi connectivity index (χ3n) is 3.87. The van der Waals surface area contributed by atoms with Crippen LogP contribution in [-0.2, 0) is 16.6 Å². The van der Waals surface area contributed by atoms with Crippen LogP contribution in [0.4, 0.5) is 0 Å². The summed E-state index contributed by atoms with van der Waals surface area (Å²) in [6, 6.07) is 1.99. The zero-order chi connectivity index (χ0) is 14.9. The van der Waals surface area contributed by atoms with E-state index in [1.165, 1.54) is 0 Å². The molecule has 20 heavy (non-hydrogen) atoms. The Kier molecular flexibility index (Phi) is 4.56. The van der Waals surface area contributed by atoms with E-state index in [-0.39, 0.29) is 12.1 Å². The summed E-state index contributed by atoms with van der Waals surface area (Å²) in [6.07, 6.45) is 4.84. The lowest BCUT2D eigenvalue weighted by Crippen LogP contribution is -2.26. The second-order valence-corrected chi connectivity index (χ2v) is 7.60. The molecule has 5 nitrogen and oxygen atoms in total. The Hall–Kier alpha value is -0.850. The highest BCUT2D eigenvalue weighted by Crippen LogP contribution is 2.35. The minimum atomic E-state index is -3.42.